The summed E-state index contributed by atoms with van der Waals surface area (Å²) in [6.07, 6.45) is 0. The molecule has 3 rings (SSSR count). The summed E-state index contributed by atoms with van der Waals surface area (Å²) in [5, 5.41) is 0.713. The second-order valence-corrected chi connectivity index (χ2v) is 5.19. The molecule has 2 aromatic carbocycles. The molecule has 20 heavy (non-hydrogen) atoms. The zero-order valence-corrected chi connectivity index (χ0v) is 11.8. The molecular weight excluding hydrogens is 274 g/mol. The van der Waals surface area contributed by atoms with Crippen LogP contribution in [0.4, 0.5) is 0 Å². The standard InChI is InChI=1S/C16H14ClNO2/c1-20-16(19)9-5-6-11-12(7-9)13(8-18)10-3-2-4-14(17)15(10)11/h2-7,13H,8,18H2,1H3. The molecule has 4 heteroatoms. The molecule has 0 spiro atoms. The SMILES string of the molecule is COC(=O)c1ccc2c(c1)C(CN)c1cccc(Cl)c1-2. The maximum atomic E-state index is 11.7. The number of carbonyl (C=O) groups excluding carboxylic acids is 1. The van der Waals surface area contributed by atoms with Gasteiger partial charge in [0.15, 0.2) is 0 Å². The van der Waals surface area contributed by atoms with Gasteiger partial charge in [0.05, 0.1) is 12.7 Å². The van der Waals surface area contributed by atoms with Gasteiger partial charge in [-0.1, -0.05) is 29.8 Å². The van der Waals surface area contributed by atoms with E-state index in [-0.39, 0.29) is 11.9 Å². The Morgan fingerprint density at radius 3 is 2.80 bits per heavy atom. The normalized spacial score (nSPS) is 15.7. The second-order valence-electron chi connectivity index (χ2n) is 4.79. The molecule has 0 heterocycles. The monoisotopic (exact) mass is 287 g/mol. The third-order valence-corrected chi connectivity index (χ3v) is 4.09. The first-order valence-electron chi connectivity index (χ1n) is 6.38. The van der Waals surface area contributed by atoms with Gasteiger partial charge in [0.2, 0.25) is 0 Å². The number of benzene rings is 2. The fourth-order valence-electron chi connectivity index (χ4n) is 2.86. The first-order valence-corrected chi connectivity index (χ1v) is 6.76. The Kier molecular flexibility index (Phi) is 3.24. The summed E-state index contributed by atoms with van der Waals surface area (Å²) < 4.78 is 4.77. The van der Waals surface area contributed by atoms with E-state index in [1.807, 2.05) is 30.3 Å². The Morgan fingerprint density at radius 1 is 1.30 bits per heavy atom. The highest BCUT2D eigenvalue weighted by Gasteiger charge is 2.30. The van der Waals surface area contributed by atoms with Crippen LogP contribution in [0.2, 0.25) is 5.02 Å². The number of fused-ring (bicyclic) bond motifs is 3. The Hall–Kier alpha value is -1.84. The van der Waals surface area contributed by atoms with E-state index < -0.39 is 0 Å². The van der Waals surface area contributed by atoms with Gasteiger partial charge >= 0.3 is 5.97 Å². The largest absolute Gasteiger partial charge is 0.465 e. The molecular formula is C16H14ClNO2. The summed E-state index contributed by atoms with van der Waals surface area (Å²) in [7, 11) is 1.38. The van der Waals surface area contributed by atoms with Gasteiger partial charge in [0.1, 0.15) is 0 Å². The lowest BCUT2D eigenvalue weighted by molar-refractivity contribution is 0.0600. The van der Waals surface area contributed by atoms with Crippen molar-refractivity contribution >= 4 is 17.6 Å². The van der Waals surface area contributed by atoms with Crippen LogP contribution in [0.25, 0.3) is 11.1 Å². The minimum atomic E-state index is -0.342. The van der Waals surface area contributed by atoms with Crippen LogP contribution in [0.1, 0.15) is 27.4 Å². The summed E-state index contributed by atoms with van der Waals surface area (Å²) in [6.45, 7) is 0.477. The molecule has 0 saturated heterocycles. The van der Waals surface area contributed by atoms with Crippen molar-refractivity contribution in [2.24, 2.45) is 5.73 Å². The average molecular weight is 288 g/mol. The zero-order valence-electron chi connectivity index (χ0n) is 11.0. The van der Waals surface area contributed by atoms with Gasteiger partial charge in [-0.05, 0) is 34.9 Å². The van der Waals surface area contributed by atoms with Crippen LogP contribution in [0.15, 0.2) is 36.4 Å². The van der Waals surface area contributed by atoms with Gasteiger partial charge in [0, 0.05) is 23.0 Å². The molecule has 3 nitrogen and oxygen atoms in total. The molecule has 1 atom stereocenters. The summed E-state index contributed by atoms with van der Waals surface area (Å²) in [4.78, 5) is 11.7. The van der Waals surface area contributed by atoms with Crippen molar-refractivity contribution < 1.29 is 9.53 Å². The van der Waals surface area contributed by atoms with Crippen LogP contribution in [0.3, 0.4) is 0 Å². The molecule has 0 saturated carbocycles. The van der Waals surface area contributed by atoms with E-state index >= 15 is 0 Å². The number of nitrogens with two attached hydrogens (primary N) is 1. The fraction of sp³-hybridized carbons (Fsp3) is 0.188. The number of ether oxygens (including phenoxy) is 1. The van der Waals surface area contributed by atoms with Crippen LogP contribution >= 0.6 is 11.6 Å². The lowest BCUT2D eigenvalue weighted by Crippen LogP contribution is -2.12. The number of halogens is 1. The number of hydrogen-bond donors (Lipinski definition) is 1. The maximum absolute atomic E-state index is 11.7. The summed E-state index contributed by atoms with van der Waals surface area (Å²) >= 11 is 6.32. The molecule has 0 radical (unpaired) electrons. The number of rotatable bonds is 2. The third-order valence-electron chi connectivity index (χ3n) is 3.77. The molecule has 102 valence electrons. The number of carbonyl (C=O) groups is 1. The van der Waals surface area contributed by atoms with Crippen molar-refractivity contribution in [3.05, 3.63) is 58.1 Å². The Morgan fingerprint density at radius 2 is 2.10 bits per heavy atom. The molecule has 0 bridgehead atoms. The highest BCUT2D eigenvalue weighted by atomic mass is 35.5. The van der Waals surface area contributed by atoms with Gasteiger partial charge in [-0.3, -0.25) is 0 Å². The first kappa shape index (κ1) is 13.2. The summed E-state index contributed by atoms with van der Waals surface area (Å²) in [5.41, 5.74) is 10.7. The van der Waals surface area contributed by atoms with E-state index in [0.717, 1.165) is 22.3 Å². The van der Waals surface area contributed by atoms with Crippen molar-refractivity contribution in [1.82, 2.24) is 0 Å². The van der Waals surface area contributed by atoms with E-state index in [0.29, 0.717) is 17.1 Å². The lowest BCUT2D eigenvalue weighted by Gasteiger charge is -2.11. The van der Waals surface area contributed by atoms with Crippen molar-refractivity contribution in [3.63, 3.8) is 0 Å². The second kappa shape index (κ2) is 4.93. The highest BCUT2D eigenvalue weighted by Crippen LogP contribution is 2.47. The summed E-state index contributed by atoms with van der Waals surface area (Å²) in [6, 6.07) is 11.4. The smallest absolute Gasteiger partial charge is 0.337 e. The van der Waals surface area contributed by atoms with Crippen molar-refractivity contribution in [2.75, 3.05) is 13.7 Å². The molecule has 0 amide bonds. The Balaban J connectivity index is 2.22. The molecule has 2 aromatic rings. The first-order chi connectivity index (χ1) is 9.67. The van der Waals surface area contributed by atoms with Crippen molar-refractivity contribution in [3.8, 4) is 11.1 Å². The predicted octanol–water partition coefficient (Wildman–Crippen LogP) is 3.20. The van der Waals surface area contributed by atoms with Gasteiger partial charge in [-0.25, -0.2) is 4.79 Å². The van der Waals surface area contributed by atoms with Crippen molar-refractivity contribution in [1.29, 1.82) is 0 Å². The number of esters is 1. The molecule has 1 aliphatic carbocycles. The van der Waals surface area contributed by atoms with Gasteiger partial charge in [0.25, 0.3) is 0 Å². The Bertz CT molecular complexity index is 697. The van der Waals surface area contributed by atoms with E-state index in [1.54, 1.807) is 6.07 Å². The fourth-order valence-corrected chi connectivity index (χ4v) is 3.14. The lowest BCUT2D eigenvalue weighted by atomic mass is 9.96. The molecule has 1 unspecified atom stereocenters. The number of hydrogen-bond acceptors (Lipinski definition) is 3. The van der Waals surface area contributed by atoms with Gasteiger partial charge in [-0.2, -0.15) is 0 Å². The minimum Gasteiger partial charge on any atom is -0.465 e. The van der Waals surface area contributed by atoms with E-state index in [4.69, 9.17) is 22.1 Å². The predicted molar refractivity (Wildman–Crippen MR) is 79.1 cm³/mol. The van der Waals surface area contributed by atoms with Crippen LogP contribution < -0.4 is 5.73 Å². The highest BCUT2D eigenvalue weighted by molar-refractivity contribution is 6.33. The average Bonchev–Trinajstić information content (AvgIpc) is 2.80. The molecule has 2 N–H and O–H groups in total. The third kappa shape index (κ3) is 1.82. The van der Waals surface area contributed by atoms with Gasteiger partial charge < -0.3 is 10.5 Å². The topological polar surface area (TPSA) is 52.3 Å². The van der Waals surface area contributed by atoms with E-state index in [2.05, 4.69) is 0 Å². The number of methoxy groups -OCH3 is 1. The zero-order chi connectivity index (χ0) is 14.3. The minimum absolute atomic E-state index is 0.0725. The summed E-state index contributed by atoms with van der Waals surface area (Å²) in [5.74, 6) is -0.270. The molecule has 0 fully saturated rings. The van der Waals surface area contributed by atoms with Crippen LogP contribution in [0.5, 0.6) is 0 Å². The molecule has 0 aliphatic heterocycles. The van der Waals surface area contributed by atoms with Gasteiger partial charge in [-0.15, -0.1) is 0 Å². The van der Waals surface area contributed by atoms with E-state index in [9.17, 15) is 4.79 Å². The van der Waals surface area contributed by atoms with E-state index in [1.165, 1.54) is 7.11 Å². The molecule has 0 aromatic heterocycles. The molecule has 1 aliphatic rings. The van der Waals surface area contributed by atoms with Crippen LogP contribution in [0, 0.1) is 0 Å². The van der Waals surface area contributed by atoms with Crippen LogP contribution in [-0.4, -0.2) is 19.6 Å². The van der Waals surface area contributed by atoms with Crippen LogP contribution in [-0.2, 0) is 4.74 Å². The van der Waals surface area contributed by atoms with Crippen molar-refractivity contribution in [2.45, 2.75) is 5.92 Å². The maximum Gasteiger partial charge on any atom is 0.337 e. The Labute approximate surface area is 122 Å². The quantitative estimate of drug-likeness (QED) is 0.863.